The molecule has 5 N–H and O–H groups in total. The molecule has 0 saturated heterocycles. The molecule has 0 unspecified atom stereocenters. The Bertz CT molecular complexity index is 995. The number of nitrogens with two attached hydrogens (primary N) is 1. The maximum absolute atomic E-state index is 11.8. The SMILES string of the molecule is CNS(=O)(=O)c1ccc(NCCCCCc2[nH]nc(N)c2C#N)c([N+](=O)[O-])c1. The van der Waals surface area contributed by atoms with Gasteiger partial charge in [0.1, 0.15) is 17.3 Å². The number of unbranched alkanes of at least 4 members (excludes halogenated alkanes) is 2. The molecule has 2 rings (SSSR count). The molecule has 0 radical (unpaired) electrons. The van der Waals surface area contributed by atoms with Crippen molar-refractivity contribution in [3.8, 4) is 6.07 Å². The first-order valence-electron chi connectivity index (χ1n) is 8.48. The summed E-state index contributed by atoms with van der Waals surface area (Å²) in [6, 6.07) is 5.74. The lowest BCUT2D eigenvalue weighted by Crippen LogP contribution is -2.18. The maximum atomic E-state index is 11.8. The Balaban J connectivity index is 1.89. The second-order valence-electron chi connectivity index (χ2n) is 5.96. The molecule has 1 aromatic heterocycles. The van der Waals surface area contributed by atoms with Crippen molar-refractivity contribution in [2.45, 2.75) is 30.6 Å². The Kier molecular flexibility index (Phi) is 6.91. The number of nitrogens with zero attached hydrogens (tertiary/aromatic N) is 3. The number of nitrogens with one attached hydrogen (secondary N) is 3. The van der Waals surface area contributed by atoms with Gasteiger partial charge in [0.25, 0.3) is 5.69 Å². The van der Waals surface area contributed by atoms with E-state index in [0.29, 0.717) is 24.2 Å². The van der Waals surface area contributed by atoms with Crippen molar-refractivity contribution >= 4 is 27.2 Å². The van der Waals surface area contributed by atoms with E-state index in [0.717, 1.165) is 25.3 Å². The summed E-state index contributed by atoms with van der Waals surface area (Å²) in [4.78, 5) is 10.5. The lowest BCUT2D eigenvalue weighted by atomic mass is 10.1. The van der Waals surface area contributed by atoms with E-state index in [4.69, 9.17) is 11.0 Å². The highest BCUT2D eigenvalue weighted by Gasteiger charge is 2.20. The zero-order valence-corrected chi connectivity index (χ0v) is 16.0. The molecule has 12 heteroatoms. The normalized spacial score (nSPS) is 11.1. The Morgan fingerprint density at radius 2 is 2.11 bits per heavy atom. The van der Waals surface area contributed by atoms with Crippen LogP contribution in [-0.4, -0.2) is 37.1 Å². The highest BCUT2D eigenvalue weighted by Crippen LogP contribution is 2.27. The third-order valence-corrected chi connectivity index (χ3v) is 5.56. The molecule has 0 amide bonds. The molecule has 0 fully saturated rings. The van der Waals surface area contributed by atoms with Crippen LogP contribution in [0.15, 0.2) is 23.1 Å². The molecule has 0 spiro atoms. The monoisotopic (exact) mass is 407 g/mol. The van der Waals surface area contributed by atoms with Gasteiger partial charge in [-0.3, -0.25) is 15.2 Å². The fourth-order valence-corrected chi connectivity index (χ4v) is 3.37. The smallest absolute Gasteiger partial charge is 0.293 e. The summed E-state index contributed by atoms with van der Waals surface area (Å²) in [5, 5.41) is 29.8. The van der Waals surface area contributed by atoms with Crippen LogP contribution in [-0.2, 0) is 16.4 Å². The number of hydrogen-bond donors (Lipinski definition) is 4. The number of nitriles is 1. The maximum Gasteiger partial charge on any atom is 0.293 e. The topological polar surface area (TPSA) is 180 Å². The summed E-state index contributed by atoms with van der Waals surface area (Å²) >= 11 is 0. The summed E-state index contributed by atoms with van der Waals surface area (Å²) < 4.78 is 25.7. The second kappa shape index (κ2) is 9.16. The third kappa shape index (κ3) is 4.96. The fraction of sp³-hybridized carbons (Fsp3) is 0.375. The van der Waals surface area contributed by atoms with Gasteiger partial charge in [0.15, 0.2) is 5.82 Å². The Hall–Kier alpha value is -3.17. The lowest BCUT2D eigenvalue weighted by molar-refractivity contribution is -0.384. The van der Waals surface area contributed by atoms with Gasteiger partial charge in [0.2, 0.25) is 10.0 Å². The number of H-pyrrole nitrogens is 1. The number of nitrogen functional groups attached to an aromatic ring is 1. The van der Waals surface area contributed by atoms with E-state index in [1.807, 2.05) is 6.07 Å². The average molecular weight is 407 g/mol. The van der Waals surface area contributed by atoms with Gasteiger partial charge in [-0.15, -0.1) is 0 Å². The Morgan fingerprint density at radius 3 is 2.75 bits per heavy atom. The van der Waals surface area contributed by atoms with Gasteiger partial charge in [-0.2, -0.15) is 10.4 Å². The number of anilines is 2. The van der Waals surface area contributed by atoms with Crippen molar-refractivity contribution in [1.29, 1.82) is 5.26 Å². The molecule has 150 valence electrons. The number of nitro groups is 1. The molecule has 0 aliphatic heterocycles. The predicted molar refractivity (Wildman–Crippen MR) is 103 cm³/mol. The second-order valence-corrected chi connectivity index (χ2v) is 7.84. The summed E-state index contributed by atoms with van der Waals surface area (Å²) in [6.07, 6.45) is 2.97. The minimum Gasteiger partial charge on any atom is -0.381 e. The average Bonchev–Trinajstić information content (AvgIpc) is 3.03. The van der Waals surface area contributed by atoms with E-state index in [1.54, 1.807) is 0 Å². The molecule has 0 atom stereocenters. The van der Waals surface area contributed by atoms with E-state index in [9.17, 15) is 18.5 Å². The number of nitro benzene ring substituents is 1. The van der Waals surface area contributed by atoms with Gasteiger partial charge >= 0.3 is 0 Å². The molecule has 0 aliphatic rings. The van der Waals surface area contributed by atoms with Crippen LogP contribution in [0, 0.1) is 21.4 Å². The fourth-order valence-electron chi connectivity index (χ4n) is 2.62. The Morgan fingerprint density at radius 1 is 1.36 bits per heavy atom. The first-order valence-corrected chi connectivity index (χ1v) is 9.97. The quantitative estimate of drug-likeness (QED) is 0.260. The number of aromatic amines is 1. The van der Waals surface area contributed by atoms with Crippen LogP contribution >= 0.6 is 0 Å². The number of benzene rings is 1. The number of sulfonamides is 1. The summed E-state index contributed by atoms with van der Waals surface area (Å²) in [6.45, 7) is 0.481. The van der Waals surface area contributed by atoms with Gasteiger partial charge in [-0.1, -0.05) is 6.42 Å². The van der Waals surface area contributed by atoms with Crippen LogP contribution in [0.1, 0.15) is 30.5 Å². The van der Waals surface area contributed by atoms with Crippen molar-refractivity contribution in [2.75, 3.05) is 24.6 Å². The van der Waals surface area contributed by atoms with Crippen LogP contribution < -0.4 is 15.8 Å². The molecule has 2 aromatic rings. The van der Waals surface area contributed by atoms with Crippen LogP contribution in [0.2, 0.25) is 0 Å². The minimum atomic E-state index is -3.76. The van der Waals surface area contributed by atoms with Crippen molar-refractivity contribution in [2.24, 2.45) is 0 Å². The first-order chi connectivity index (χ1) is 13.3. The van der Waals surface area contributed by atoms with Crippen molar-refractivity contribution < 1.29 is 13.3 Å². The summed E-state index contributed by atoms with van der Waals surface area (Å²) in [5.74, 6) is 0.190. The highest BCUT2D eigenvalue weighted by molar-refractivity contribution is 7.89. The highest BCUT2D eigenvalue weighted by atomic mass is 32.2. The molecule has 1 aromatic carbocycles. The number of aryl methyl sites for hydroxylation is 1. The molecular weight excluding hydrogens is 386 g/mol. The van der Waals surface area contributed by atoms with Crippen molar-refractivity contribution in [3.05, 3.63) is 39.6 Å². The van der Waals surface area contributed by atoms with E-state index in [2.05, 4.69) is 20.2 Å². The minimum absolute atomic E-state index is 0.167. The molecular formula is C16H21N7O4S. The molecule has 28 heavy (non-hydrogen) atoms. The number of hydrogen-bond acceptors (Lipinski definition) is 8. The van der Waals surface area contributed by atoms with Gasteiger partial charge in [-0.25, -0.2) is 13.1 Å². The van der Waals surface area contributed by atoms with E-state index >= 15 is 0 Å². The van der Waals surface area contributed by atoms with Crippen LogP contribution in [0.5, 0.6) is 0 Å². The van der Waals surface area contributed by atoms with Gasteiger partial charge < -0.3 is 11.1 Å². The Labute approximate surface area is 162 Å². The molecule has 0 bridgehead atoms. The predicted octanol–water partition coefficient (Wildman–Crippen LogP) is 1.50. The van der Waals surface area contributed by atoms with E-state index < -0.39 is 14.9 Å². The standard InChI is InChI=1S/C16H21N7O4S/c1-19-28(26,27)11-6-7-14(15(9-11)23(24)25)20-8-4-2-3-5-13-12(10-17)16(18)22-21-13/h6-7,9,19-20H,2-5,8H2,1H3,(H3,18,21,22). The molecule has 0 saturated carbocycles. The third-order valence-electron chi connectivity index (χ3n) is 4.14. The first kappa shape index (κ1) is 21.1. The van der Waals surface area contributed by atoms with Gasteiger partial charge in [0.05, 0.1) is 15.5 Å². The van der Waals surface area contributed by atoms with Gasteiger partial charge in [0, 0.05) is 12.6 Å². The molecule has 0 aliphatic carbocycles. The summed E-state index contributed by atoms with van der Waals surface area (Å²) in [7, 11) is -2.52. The van der Waals surface area contributed by atoms with Crippen LogP contribution in [0.25, 0.3) is 0 Å². The molecule has 1 heterocycles. The largest absolute Gasteiger partial charge is 0.381 e. The van der Waals surface area contributed by atoms with Crippen molar-refractivity contribution in [1.82, 2.24) is 14.9 Å². The van der Waals surface area contributed by atoms with Gasteiger partial charge in [-0.05, 0) is 38.4 Å². The lowest BCUT2D eigenvalue weighted by Gasteiger charge is -2.09. The zero-order chi connectivity index (χ0) is 20.7. The molecule has 11 nitrogen and oxygen atoms in total. The summed E-state index contributed by atoms with van der Waals surface area (Å²) in [5.41, 5.74) is 6.60. The van der Waals surface area contributed by atoms with Crippen molar-refractivity contribution in [3.63, 3.8) is 0 Å². The number of aromatic nitrogens is 2. The van der Waals surface area contributed by atoms with E-state index in [1.165, 1.54) is 19.2 Å². The zero-order valence-electron chi connectivity index (χ0n) is 15.2. The number of rotatable bonds is 10. The van der Waals surface area contributed by atoms with Crippen LogP contribution in [0.4, 0.5) is 17.2 Å². The van der Waals surface area contributed by atoms with E-state index in [-0.39, 0.29) is 22.1 Å². The van der Waals surface area contributed by atoms with Crippen LogP contribution in [0.3, 0.4) is 0 Å².